The minimum atomic E-state index is -0.0710. The zero-order valence-corrected chi connectivity index (χ0v) is 13.0. The van der Waals surface area contributed by atoms with Gasteiger partial charge in [-0.25, -0.2) is 4.98 Å². The van der Waals surface area contributed by atoms with Gasteiger partial charge in [-0.1, -0.05) is 24.3 Å². The van der Waals surface area contributed by atoms with Crippen LogP contribution in [0.1, 0.15) is 18.3 Å². The molecule has 0 radical (unpaired) electrons. The van der Waals surface area contributed by atoms with Crippen LogP contribution in [0.15, 0.2) is 47.3 Å². The molecule has 0 fully saturated rings. The molecule has 2 aromatic carbocycles. The van der Waals surface area contributed by atoms with E-state index in [9.17, 15) is 4.79 Å². The van der Waals surface area contributed by atoms with Crippen molar-refractivity contribution in [1.29, 1.82) is 0 Å². The molecule has 0 N–H and O–H groups in total. The van der Waals surface area contributed by atoms with Gasteiger partial charge in [-0.2, -0.15) is 0 Å². The van der Waals surface area contributed by atoms with Crippen LogP contribution in [-0.2, 0) is 0 Å². The summed E-state index contributed by atoms with van der Waals surface area (Å²) in [7, 11) is 0. The summed E-state index contributed by atoms with van der Waals surface area (Å²) in [5, 5.41) is 0.569. The SMILES string of the molecule is CCOc1cccc2c(=O)n(-c3ccccc3C)c(C)nc12. The van der Waals surface area contributed by atoms with Gasteiger partial charge in [0.05, 0.1) is 17.7 Å². The Morgan fingerprint density at radius 2 is 1.86 bits per heavy atom. The molecule has 0 saturated heterocycles. The van der Waals surface area contributed by atoms with Crippen LogP contribution < -0.4 is 10.3 Å². The molecule has 0 aliphatic rings. The fraction of sp³-hybridized carbons (Fsp3) is 0.222. The summed E-state index contributed by atoms with van der Waals surface area (Å²) in [6.45, 7) is 6.29. The molecule has 3 rings (SSSR count). The number of hydrogen-bond acceptors (Lipinski definition) is 3. The van der Waals surface area contributed by atoms with Crippen molar-refractivity contribution in [1.82, 2.24) is 9.55 Å². The Morgan fingerprint density at radius 3 is 2.59 bits per heavy atom. The van der Waals surface area contributed by atoms with Crippen LogP contribution in [0.2, 0.25) is 0 Å². The molecule has 0 saturated carbocycles. The number of nitrogens with zero attached hydrogens (tertiary/aromatic N) is 2. The number of aromatic nitrogens is 2. The maximum atomic E-state index is 12.9. The molecule has 0 aliphatic carbocycles. The summed E-state index contributed by atoms with van der Waals surface area (Å²) in [4.78, 5) is 17.5. The van der Waals surface area contributed by atoms with E-state index < -0.39 is 0 Å². The normalized spacial score (nSPS) is 10.9. The zero-order valence-electron chi connectivity index (χ0n) is 13.0. The first-order chi connectivity index (χ1) is 10.6. The molecule has 0 spiro atoms. The van der Waals surface area contributed by atoms with Crippen LogP contribution in [0.5, 0.6) is 5.75 Å². The Balaban J connectivity index is 2.36. The van der Waals surface area contributed by atoms with Crippen LogP contribution >= 0.6 is 0 Å². The Morgan fingerprint density at radius 1 is 1.09 bits per heavy atom. The average molecular weight is 294 g/mol. The number of ether oxygens (including phenoxy) is 1. The molecule has 0 aliphatic heterocycles. The van der Waals surface area contributed by atoms with Crippen molar-refractivity contribution in [3.8, 4) is 11.4 Å². The number of hydrogen-bond donors (Lipinski definition) is 0. The van der Waals surface area contributed by atoms with Crippen LogP contribution in [0.4, 0.5) is 0 Å². The number of rotatable bonds is 3. The zero-order chi connectivity index (χ0) is 15.7. The number of fused-ring (bicyclic) bond motifs is 1. The Kier molecular flexibility index (Phi) is 3.67. The van der Waals surface area contributed by atoms with E-state index in [1.54, 1.807) is 10.6 Å². The maximum absolute atomic E-state index is 12.9. The smallest absolute Gasteiger partial charge is 0.266 e. The summed E-state index contributed by atoms with van der Waals surface area (Å²) >= 11 is 0. The van der Waals surface area contributed by atoms with Gasteiger partial charge in [-0.15, -0.1) is 0 Å². The van der Waals surface area contributed by atoms with E-state index in [4.69, 9.17) is 4.74 Å². The fourth-order valence-electron chi connectivity index (χ4n) is 2.66. The quantitative estimate of drug-likeness (QED) is 0.743. The lowest BCUT2D eigenvalue weighted by molar-refractivity contribution is 0.343. The molecule has 0 unspecified atom stereocenters. The molecule has 0 atom stereocenters. The van der Waals surface area contributed by atoms with Crippen molar-refractivity contribution in [2.24, 2.45) is 0 Å². The maximum Gasteiger partial charge on any atom is 0.266 e. The predicted octanol–water partition coefficient (Wildman–Crippen LogP) is 3.40. The Hall–Kier alpha value is -2.62. The minimum absolute atomic E-state index is 0.0710. The van der Waals surface area contributed by atoms with Gasteiger partial charge in [0.1, 0.15) is 17.1 Å². The monoisotopic (exact) mass is 294 g/mol. The fourth-order valence-corrected chi connectivity index (χ4v) is 2.66. The van der Waals surface area contributed by atoms with E-state index in [1.165, 1.54) is 0 Å². The van der Waals surface area contributed by atoms with E-state index >= 15 is 0 Å². The van der Waals surface area contributed by atoms with Crippen LogP contribution in [0.25, 0.3) is 16.6 Å². The van der Waals surface area contributed by atoms with Crippen LogP contribution in [0, 0.1) is 13.8 Å². The third kappa shape index (κ3) is 2.26. The van der Waals surface area contributed by atoms with Crippen LogP contribution in [0.3, 0.4) is 0 Å². The van der Waals surface area contributed by atoms with Crippen molar-refractivity contribution in [3.63, 3.8) is 0 Å². The van der Waals surface area contributed by atoms with E-state index in [0.29, 0.717) is 29.1 Å². The summed E-state index contributed by atoms with van der Waals surface area (Å²) in [5.41, 5.74) is 2.45. The van der Waals surface area contributed by atoms with E-state index in [2.05, 4.69) is 4.98 Å². The Labute approximate surface area is 129 Å². The van der Waals surface area contributed by atoms with Gasteiger partial charge in [0.15, 0.2) is 0 Å². The molecule has 22 heavy (non-hydrogen) atoms. The van der Waals surface area contributed by atoms with Gasteiger partial charge in [-0.05, 0) is 44.5 Å². The van der Waals surface area contributed by atoms with Crippen molar-refractivity contribution in [2.45, 2.75) is 20.8 Å². The summed E-state index contributed by atoms with van der Waals surface area (Å²) < 4.78 is 7.25. The molecule has 0 bridgehead atoms. The van der Waals surface area contributed by atoms with Crippen LogP contribution in [-0.4, -0.2) is 16.2 Å². The van der Waals surface area contributed by atoms with Crippen molar-refractivity contribution >= 4 is 10.9 Å². The highest BCUT2D eigenvalue weighted by molar-refractivity contribution is 5.84. The number of aryl methyl sites for hydroxylation is 2. The predicted molar refractivity (Wildman–Crippen MR) is 88.0 cm³/mol. The topological polar surface area (TPSA) is 44.1 Å². The summed E-state index contributed by atoms with van der Waals surface area (Å²) in [5.74, 6) is 1.30. The van der Waals surface area contributed by atoms with Crippen molar-refractivity contribution < 1.29 is 4.74 Å². The molecular formula is C18H18N2O2. The van der Waals surface area contributed by atoms with Gasteiger partial charge in [0.25, 0.3) is 5.56 Å². The number of benzene rings is 2. The summed E-state index contributed by atoms with van der Waals surface area (Å²) in [6, 6.07) is 13.3. The first-order valence-electron chi connectivity index (χ1n) is 7.34. The lowest BCUT2D eigenvalue weighted by Crippen LogP contribution is -2.23. The highest BCUT2D eigenvalue weighted by Gasteiger charge is 2.13. The third-order valence-corrected chi connectivity index (χ3v) is 3.69. The lowest BCUT2D eigenvalue weighted by Gasteiger charge is -2.14. The standard InChI is InChI=1S/C18H18N2O2/c1-4-22-16-11-7-9-14-17(16)19-13(3)20(18(14)21)15-10-6-5-8-12(15)2/h5-11H,4H2,1-3H3. The first-order valence-corrected chi connectivity index (χ1v) is 7.34. The third-order valence-electron chi connectivity index (χ3n) is 3.69. The van der Waals surface area contributed by atoms with Gasteiger partial charge in [0, 0.05) is 0 Å². The minimum Gasteiger partial charge on any atom is -0.492 e. The first kappa shape index (κ1) is 14.3. The molecule has 1 aromatic heterocycles. The second-order valence-corrected chi connectivity index (χ2v) is 5.17. The second kappa shape index (κ2) is 5.64. The molecule has 4 nitrogen and oxygen atoms in total. The van der Waals surface area contributed by atoms with E-state index in [-0.39, 0.29) is 5.56 Å². The van der Waals surface area contributed by atoms with Gasteiger partial charge >= 0.3 is 0 Å². The molecule has 4 heteroatoms. The van der Waals surface area contributed by atoms with Gasteiger partial charge < -0.3 is 4.74 Å². The van der Waals surface area contributed by atoms with E-state index in [0.717, 1.165) is 11.3 Å². The highest BCUT2D eigenvalue weighted by atomic mass is 16.5. The molecule has 0 amide bonds. The van der Waals surface area contributed by atoms with Gasteiger partial charge in [0.2, 0.25) is 0 Å². The second-order valence-electron chi connectivity index (χ2n) is 5.17. The van der Waals surface area contributed by atoms with Crippen molar-refractivity contribution in [3.05, 3.63) is 64.2 Å². The molecule has 112 valence electrons. The van der Waals surface area contributed by atoms with E-state index in [1.807, 2.05) is 57.2 Å². The van der Waals surface area contributed by atoms with Crippen molar-refractivity contribution in [2.75, 3.05) is 6.61 Å². The molecule has 3 aromatic rings. The lowest BCUT2D eigenvalue weighted by atomic mass is 10.1. The average Bonchev–Trinajstić information content (AvgIpc) is 2.50. The largest absolute Gasteiger partial charge is 0.492 e. The number of para-hydroxylation sites is 2. The Bertz CT molecular complexity index is 897. The summed E-state index contributed by atoms with van der Waals surface area (Å²) in [6.07, 6.45) is 0. The highest BCUT2D eigenvalue weighted by Crippen LogP contribution is 2.23. The van der Waals surface area contributed by atoms with Gasteiger partial charge in [-0.3, -0.25) is 9.36 Å². The molecule has 1 heterocycles. The molecular weight excluding hydrogens is 276 g/mol.